The molecule has 1 aliphatic heterocycles. The molecule has 0 amide bonds. The maximum absolute atomic E-state index is 10.2. The standard InChI is InChI=1S/C26H37N3O3/c1-2-3-9-24-23(16-26(29-28-24)31-18-20-14-15-27-17-25(20)30)19-10-12-22(13-11-19)32-21-7-5-4-6-8-21/h10-13,16,20-21,25,27,30H,2-9,14-15,17-18H2,1H3. The molecule has 2 aromatic rings. The molecule has 174 valence electrons. The van der Waals surface area contributed by atoms with E-state index in [0.717, 1.165) is 67.6 Å². The summed E-state index contributed by atoms with van der Waals surface area (Å²) in [6.07, 6.45) is 10.1. The third-order valence-corrected chi connectivity index (χ3v) is 6.67. The Kier molecular flexibility index (Phi) is 8.35. The number of piperidine rings is 1. The fourth-order valence-corrected chi connectivity index (χ4v) is 4.62. The van der Waals surface area contributed by atoms with Gasteiger partial charge in [-0.25, -0.2) is 0 Å². The van der Waals surface area contributed by atoms with Crippen LogP contribution in [0.3, 0.4) is 0 Å². The van der Waals surface area contributed by atoms with Crippen molar-refractivity contribution >= 4 is 0 Å². The molecule has 1 aliphatic carbocycles. The first-order chi connectivity index (χ1) is 15.7. The zero-order valence-electron chi connectivity index (χ0n) is 19.3. The molecule has 2 unspecified atom stereocenters. The Labute approximate surface area is 191 Å². The summed E-state index contributed by atoms with van der Waals surface area (Å²) in [6.45, 7) is 4.18. The van der Waals surface area contributed by atoms with Crippen LogP contribution in [-0.2, 0) is 6.42 Å². The molecular formula is C26H37N3O3. The van der Waals surface area contributed by atoms with Crippen molar-refractivity contribution in [3.8, 4) is 22.8 Å². The van der Waals surface area contributed by atoms with Crippen LogP contribution >= 0.6 is 0 Å². The molecule has 0 bridgehead atoms. The van der Waals surface area contributed by atoms with Gasteiger partial charge in [0.05, 0.1) is 24.5 Å². The van der Waals surface area contributed by atoms with E-state index in [2.05, 4.69) is 46.7 Å². The first kappa shape index (κ1) is 23.0. The minimum atomic E-state index is -0.378. The van der Waals surface area contributed by atoms with Gasteiger partial charge in [0.2, 0.25) is 5.88 Å². The molecule has 1 aromatic heterocycles. The Bertz CT molecular complexity index is 837. The van der Waals surface area contributed by atoms with Gasteiger partial charge in [0.25, 0.3) is 0 Å². The number of aryl methyl sites for hydroxylation is 1. The van der Waals surface area contributed by atoms with Crippen LogP contribution in [0.25, 0.3) is 11.1 Å². The number of aliphatic hydroxyl groups excluding tert-OH is 1. The summed E-state index contributed by atoms with van der Waals surface area (Å²) in [4.78, 5) is 0. The Morgan fingerprint density at radius 1 is 1.06 bits per heavy atom. The van der Waals surface area contributed by atoms with E-state index in [-0.39, 0.29) is 12.0 Å². The second-order valence-corrected chi connectivity index (χ2v) is 9.18. The van der Waals surface area contributed by atoms with E-state index in [1.165, 1.54) is 19.3 Å². The quantitative estimate of drug-likeness (QED) is 0.597. The van der Waals surface area contributed by atoms with Gasteiger partial charge in [0, 0.05) is 24.1 Å². The van der Waals surface area contributed by atoms with Crippen molar-refractivity contribution < 1.29 is 14.6 Å². The number of nitrogens with one attached hydrogen (secondary N) is 1. The van der Waals surface area contributed by atoms with Crippen molar-refractivity contribution in [2.24, 2.45) is 5.92 Å². The number of hydrogen-bond acceptors (Lipinski definition) is 6. The van der Waals surface area contributed by atoms with Gasteiger partial charge in [-0.1, -0.05) is 31.9 Å². The van der Waals surface area contributed by atoms with Crippen LogP contribution in [-0.4, -0.2) is 47.2 Å². The molecule has 0 radical (unpaired) electrons. The topological polar surface area (TPSA) is 76.5 Å². The van der Waals surface area contributed by atoms with Gasteiger partial charge in [-0.2, -0.15) is 5.10 Å². The normalized spacial score (nSPS) is 21.9. The summed E-state index contributed by atoms with van der Waals surface area (Å²) in [7, 11) is 0. The average molecular weight is 440 g/mol. The zero-order valence-corrected chi connectivity index (χ0v) is 19.3. The van der Waals surface area contributed by atoms with E-state index in [0.29, 0.717) is 25.1 Å². The molecule has 1 saturated carbocycles. The lowest BCUT2D eigenvalue weighted by molar-refractivity contribution is 0.0512. The molecule has 1 aromatic carbocycles. The number of β-amino-alcohol motifs (C(OH)–C–C–N with tert-alkyl or cyclic N) is 1. The number of aromatic nitrogens is 2. The second kappa shape index (κ2) is 11.6. The monoisotopic (exact) mass is 439 g/mol. The smallest absolute Gasteiger partial charge is 0.234 e. The third-order valence-electron chi connectivity index (χ3n) is 6.67. The van der Waals surface area contributed by atoms with E-state index in [4.69, 9.17) is 9.47 Å². The summed E-state index contributed by atoms with van der Waals surface area (Å²) in [5.41, 5.74) is 3.18. The molecule has 0 spiro atoms. The summed E-state index contributed by atoms with van der Waals surface area (Å²) in [5.74, 6) is 1.58. The van der Waals surface area contributed by atoms with Crippen molar-refractivity contribution in [1.29, 1.82) is 0 Å². The van der Waals surface area contributed by atoms with Crippen molar-refractivity contribution in [2.45, 2.75) is 76.9 Å². The van der Waals surface area contributed by atoms with Crippen LogP contribution in [0.1, 0.15) is 64.0 Å². The van der Waals surface area contributed by atoms with Gasteiger partial charge in [0.1, 0.15) is 5.75 Å². The van der Waals surface area contributed by atoms with Crippen LogP contribution in [0.15, 0.2) is 30.3 Å². The van der Waals surface area contributed by atoms with Gasteiger partial charge < -0.3 is 19.9 Å². The van der Waals surface area contributed by atoms with E-state index in [1.54, 1.807) is 0 Å². The number of rotatable bonds is 9. The molecular weight excluding hydrogens is 402 g/mol. The van der Waals surface area contributed by atoms with Crippen LogP contribution < -0.4 is 14.8 Å². The van der Waals surface area contributed by atoms with Gasteiger partial charge in [-0.15, -0.1) is 5.10 Å². The van der Waals surface area contributed by atoms with E-state index >= 15 is 0 Å². The lowest BCUT2D eigenvalue weighted by atomic mass is 9.96. The van der Waals surface area contributed by atoms with Gasteiger partial charge in [-0.05, 0) is 69.2 Å². The number of unbranched alkanes of at least 4 members (excludes halogenated alkanes) is 1. The van der Waals surface area contributed by atoms with E-state index < -0.39 is 0 Å². The molecule has 2 atom stereocenters. The molecule has 32 heavy (non-hydrogen) atoms. The number of ether oxygens (including phenoxy) is 2. The predicted molar refractivity (Wildman–Crippen MR) is 126 cm³/mol. The minimum Gasteiger partial charge on any atom is -0.490 e. The molecule has 1 saturated heterocycles. The fourth-order valence-electron chi connectivity index (χ4n) is 4.62. The fraction of sp³-hybridized carbons (Fsp3) is 0.615. The number of nitrogens with zero attached hydrogens (tertiary/aromatic N) is 2. The van der Waals surface area contributed by atoms with Crippen LogP contribution in [0.5, 0.6) is 11.6 Å². The second-order valence-electron chi connectivity index (χ2n) is 9.18. The highest BCUT2D eigenvalue weighted by atomic mass is 16.5. The molecule has 2 aliphatic rings. The molecule has 6 nitrogen and oxygen atoms in total. The molecule has 2 N–H and O–H groups in total. The third kappa shape index (κ3) is 6.20. The Morgan fingerprint density at radius 2 is 1.88 bits per heavy atom. The van der Waals surface area contributed by atoms with Crippen molar-refractivity contribution in [3.63, 3.8) is 0 Å². The van der Waals surface area contributed by atoms with Crippen molar-refractivity contribution in [2.75, 3.05) is 19.7 Å². The van der Waals surface area contributed by atoms with Crippen molar-refractivity contribution in [3.05, 3.63) is 36.0 Å². The van der Waals surface area contributed by atoms with Gasteiger partial charge >= 0.3 is 0 Å². The highest BCUT2D eigenvalue weighted by Crippen LogP contribution is 2.30. The van der Waals surface area contributed by atoms with Crippen molar-refractivity contribution in [1.82, 2.24) is 15.5 Å². The number of hydrogen-bond donors (Lipinski definition) is 2. The van der Waals surface area contributed by atoms with Gasteiger partial charge in [-0.3, -0.25) is 0 Å². The zero-order chi connectivity index (χ0) is 22.2. The summed E-state index contributed by atoms with van der Waals surface area (Å²) in [5, 5.41) is 22.2. The van der Waals surface area contributed by atoms with Crippen LogP contribution in [0, 0.1) is 5.92 Å². The lowest BCUT2D eigenvalue weighted by Gasteiger charge is -2.27. The predicted octanol–water partition coefficient (Wildman–Crippen LogP) is 4.55. The number of aliphatic hydroxyl groups is 1. The summed E-state index contributed by atoms with van der Waals surface area (Å²) < 4.78 is 12.2. The highest BCUT2D eigenvalue weighted by Gasteiger charge is 2.24. The first-order valence-corrected chi connectivity index (χ1v) is 12.4. The average Bonchev–Trinajstić information content (AvgIpc) is 2.84. The maximum atomic E-state index is 10.2. The molecule has 2 fully saturated rings. The van der Waals surface area contributed by atoms with E-state index in [9.17, 15) is 5.11 Å². The Balaban J connectivity index is 1.47. The molecule has 2 heterocycles. The molecule has 4 rings (SSSR count). The molecule has 6 heteroatoms. The Hall–Kier alpha value is -2.18. The summed E-state index contributed by atoms with van der Waals surface area (Å²) >= 11 is 0. The largest absolute Gasteiger partial charge is 0.490 e. The first-order valence-electron chi connectivity index (χ1n) is 12.4. The maximum Gasteiger partial charge on any atom is 0.234 e. The van der Waals surface area contributed by atoms with Gasteiger partial charge in [0.15, 0.2) is 0 Å². The minimum absolute atomic E-state index is 0.123. The Morgan fingerprint density at radius 3 is 2.62 bits per heavy atom. The SMILES string of the molecule is CCCCc1nnc(OCC2CCNCC2O)cc1-c1ccc(OC2CCCCC2)cc1. The van der Waals surface area contributed by atoms with Crippen LogP contribution in [0.4, 0.5) is 0 Å². The lowest BCUT2D eigenvalue weighted by Crippen LogP contribution is -2.42. The van der Waals surface area contributed by atoms with E-state index in [1.807, 2.05) is 6.07 Å². The van der Waals surface area contributed by atoms with Crippen LogP contribution in [0.2, 0.25) is 0 Å². The highest BCUT2D eigenvalue weighted by molar-refractivity contribution is 5.67. The summed E-state index contributed by atoms with van der Waals surface area (Å²) in [6, 6.07) is 10.4. The number of benzene rings is 1.